The summed E-state index contributed by atoms with van der Waals surface area (Å²) in [6, 6.07) is 4.16. The summed E-state index contributed by atoms with van der Waals surface area (Å²) in [5.41, 5.74) is 1.14. The molecule has 1 atom stereocenters. The van der Waals surface area contributed by atoms with Gasteiger partial charge in [0.15, 0.2) is 0 Å². The third-order valence-electron chi connectivity index (χ3n) is 2.73. The lowest BCUT2D eigenvalue weighted by molar-refractivity contribution is -0.0328. The van der Waals surface area contributed by atoms with Crippen molar-refractivity contribution in [3.05, 3.63) is 24.3 Å². The Morgan fingerprint density at radius 1 is 1.22 bits per heavy atom. The van der Waals surface area contributed by atoms with E-state index in [0.29, 0.717) is 6.42 Å². The van der Waals surface area contributed by atoms with Crippen LogP contribution in [0.15, 0.2) is 34.1 Å². The van der Waals surface area contributed by atoms with E-state index in [2.05, 4.69) is 4.72 Å². The summed E-state index contributed by atoms with van der Waals surface area (Å²) in [7, 11) is -3.80. The van der Waals surface area contributed by atoms with E-state index in [0.717, 1.165) is 24.3 Å². The quantitative estimate of drug-likeness (QED) is 0.698. The molecule has 1 aromatic rings. The molecule has 0 bridgehead atoms. The SMILES string of the molecule is CC(C)CC(CN)NS(=O)(=O)c1ccc(SC(F)(F)F)cc1.Cl. The highest BCUT2D eigenvalue weighted by molar-refractivity contribution is 8.00. The second-order valence-electron chi connectivity index (χ2n) is 5.20. The van der Waals surface area contributed by atoms with Crippen LogP contribution in [0, 0.1) is 5.92 Å². The molecule has 0 fully saturated rings. The zero-order valence-electron chi connectivity index (χ0n) is 12.6. The number of nitrogens with two attached hydrogens (primary N) is 1. The largest absolute Gasteiger partial charge is 0.446 e. The molecule has 1 unspecified atom stereocenters. The van der Waals surface area contributed by atoms with Gasteiger partial charge in [0.2, 0.25) is 10.0 Å². The van der Waals surface area contributed by atoms with Crippen LogP contribution in [0.4, 0.5) is 13.2 Å². The van der Waals surface area contributed by atoms with Gasteiger partial charge in [-0.15, -0.1) is 12.4 Å². The Hall–Kier alpha value is -0.480. The van der Waals surface area contributed by atoms with Crippen LogP contribution < -0.4 is 10.5 Å². The monoisotopic (exact) mass is 392 g/mol. The van der Waals surface area contributed by atoms with Gasteiger partial charge in [0.25, 0.3) is 0 Å². The number of benzene rings is 1. The van der Waals surface area contributed by atoms with Crippen LogP contribution in [-0.2, 0) is 10.0 Å². The molecule has 10 heteroatoms. The van der Waals surface area contributed by atoms with Gasteiger partial charge in [0, 0.05) is 17.5 Å². The summed E-state index contributed by atoms with van der Waals surface area (Å²) in [4.78, 5) is -0.148. The average Bonchev–Trinajstić information content (AvgIpc) is 2.35. The van der Waals surface area contributed by atoms with Crippen molar-refractivity contribution in [1.82, 2.24) is 4.72 Å². The smallest absolute Gasteiger partial charge is 0.329 e. The highest BCUT2D eigenvalue weighted by atomic mass is 35.5. The highest BCUT2D eigenvalue weighted by Gasteiger charge is 2.29. The minimum atomic E-state index is -4.40. The van der Waals surface area contributed by atoms with Gasteiger partial charge in [-0.2, -0.15) is 13.2 Å². The number of nitrogens with one attached hydrogen (secondary N) is 1. The highest BCUT2D eigenvalue weighted by Crippen LogP contribution is 2.36. The van der Waals surface area contributed by atoms with Crippen molar-refractivity contribution in [2.45, 2.75) is 41.6 Å². The minimum Gasteiger partial charge on any atom is -0.329 e. The molecule has 0 heterocycles. The third kappa shape index (κ3) is 8.25. The topological polar surface area (TPSA) is 72.2 Å². The Kier molecular flexibility index (Phi) is 8.93. The average molecular weight is 393 g/mol. The Labute approximate surface area is 144 Å². The van der Waals surface area contributed by atoms with Gasteiger partial charge in [-0.05, 0) is 48.4 Å². The van der Waals surface area contributed by atoms with Crippen LogP contribution in [0.3, 0.4) is 0 Å². The molecule has 1 aromatic carbocycles. The maximum Gasteiger partial charge on any atom is 0.446 e. The van der Waals surface area contributed by atoms with Crippen LogP contribution in [0.2, 0.25) is 0 Å². The number of sulfonamides is 1. The molecule has 0 aromatic heterocycles. The number of halogens is 4. The predicted molar refractivity (Wildman–Crippen MR) is 88.2 cm³/mol. The number of rotatable bonds is 7. The van der Waals surface area contributed by atoms with Crippen LogP contribution in [0.5, 0.6) is 0 Å². The van der Waals surface area contributed by atoms with Gasteiger partial charge in [-0.1, -0.05) is 13.8 Å². The molecule has 1 rings (SSSR count). The van der Waals surface area contributed by atoms with Crippen LogP contribution in [0.25, 0.3) is 0 Å². The lowest BCUT2D eigenvalue weighted by Crippen LogP contribution is -2.40. The zero-order valence-corrected chi connectivity index (χ0v) is 15.1. The van der Waals surface area contributed by atoms with Gasteiger partial charge in [-0.3, -0.25) is 0 Å². The van der Waals surface area contributed by atoms with Crippen molar-refractivity contribution in [1.29, 1.82) is 0 Å². The number of alkyl halides is 3. The van der Waals surface area contributed by atoms with Crippen molar-refractivity contribution >= 4 is 34.2 Å². The fourth-order valence-corrected chi connectivity index (χ4v) is 3.67. The molecule has 0 aliphatic carbocycles. The molecular formula is C13H20ClF3N2O2S2. The Morgan fingerprint density at radius 2 is 1.74 bits per heavy atom. The van der Waals surface area contributed by atoms with Gasteiger partial charge in [0.05, 0.1) is 4.90 Å². The van der Waals surface area contributed by atoms with Gasteiger partial charge in [-0.25, -0.2) is 13.1 Å². The Bertz CT molecular complexity index is 578. The number of hydrogen-bond donors (Lipinski definition) is 2. The molecule has 3 N–H and O–H groups in total. The van der Waals surface area contributed by atoms with Crippen LogP contribution in [-0.4, -0.2) is 26.5 Å². The van der Waals surface area contributed by atoms with Gasteiger partial charge >= 0.3 is 5.51 Å². The molecule has 0 aliphatic rings. The summed E-state index contributed by atoms with van der Waals surface area (Å²) in [6.45, 7) is 4.04. The molecule has 23 heavy (non-hydrogen) atoms. The fraction of sp³-hybridized carbons (Fsp3) is 0.538. The normalized spacial score (nSPS) is 13.7. The van der Waals surface area contributed by atoms with Gasteiger partial charge in [0.1, 0.15) is 0 Å². The molecule has 0 amide bonds. The van der Waals surface area contributed by atoms with Crippen molar-refractivity contribution in [3.8, 4) is 0 Å². The summed E-state index contributed by atoms with van der Waals surface area (Å²) in [6.07, 6.45) is 0.581. The number of thioether (sulfide) groups is 1. The summed E-state index contributed by atoms with van der Waals surface area (Å²) in [5.74, 6) is 0.266. The summed E-state index contributed by atoms with van der Waals surface area (Å²) in [5, 5.41) is 0. The van der Waals surface area contributed by atoms with Gasteiger partial charge < -0.3 is 5.73 Å². The maximum absolute atomic E-state index is 12.2. The maximum atomic E-state index is 12.2. The molecule has 134 valence electrons. The van der Waals surface area contributed by atoms with Crippen molar-refractivity contribution in [3.63, 3.8) is 0 Å². The van der Waals surface area contributed by atoms with E-state index in [1.807, 2.05) is 13.8 Å². The zero-order chi connectivity index (χ0) is 17.0. The first-order valence-corrected chi connectivity index (χ1v) is 8.91. The second-order valence-corrected chi connectivity index (χ2v) is 8.06. The van der Waals surface area contributed by atoms with Crippen molar-refractivity contribution < 1.29 is 21.6 Å². The minimum absolute atomic E-state index is 0. The first kappa shape index (κ1) is 22.5. The van der Waals surface area contributed by atoms with E-state index in [1.54, 1.807) is 0 Å². The molecule has 0 spiro atoms. The van der Waals surface area contributed by atoms with E-state index in [-0.39, 0.29) is 46.4 Å². The van der Waals surface area contributed by atoms with E-state index in [1.165, 1.54) is 0 Å². The third-order valence-corrected chi connectivity index (χ3v) is 5.01. The Balaban J connectivity index is 0.00000484. The number of hydrogen-bond acceptors (Lipinski definition) is 4. The predicted octanol–water partition coefficient (Wildman–Crippen LogP) is 3.37. The first-order valence-electron chi connectivity index (χ1n) is 6.61. The van der Waals surface area contributed by atoms with E-state index in [9.17, 15) is 21.6 Å². The molecule has 0 aliphatic heterocycles. The molecule has 0 saturated heterocycles. The van der Waals surface area contributed by atoms with E-state index < -0.39 is 21.6 Å². The molecule has 4 nitrogen and oxygen atoms in total. The first-order chi connectivity index (χ1) is 10.0. The molecular weight excluding hydrogens is 373 g/mol. The van der Waals surface area contributed by atoms with E-state index >= 15 is 0 Å². The van der Waals surface area contributed by atoms with Crippen LogP contribution in [0.1, 0.15) is 20.3 Å². The lowest BCUT2D eigenvalue weighted by atomic mass is 10.1. The fourth-order valence-electron chi connectivity index (χ4n) is 1.87. The molecule has 0 radical (unpaired) electrons. The van der Waals surface area contributed by atoms with Crippen molar-refractivity contribution in [2.24, 2.45) is 11.7 Å². The summed E-state index contributed by atoms with van der Waals surface area (Å²) >= 11 is -0.288. The van der Waals surface area contributed by atoms with Crippen molar-refractivity contribution in [2.75, 3.05) is 6.54 Å². The standard InChI is InChI=1S/C13H19F3N2O2S2.ClH/c1-9(2)7-10(8-17)18-22(19,20)12-5-3-11(4-6-12)21-13(14,15)16;/h3-6,9-10,18H,7-8,17H2,1-2H3;1H. The lowest BCUT2D eigenvalue weighted by Gasteiger charge is -2.19. The molecule has 0 saturated carbocycles. The van der Waals surface area contributed by atoms with E-state index in [4.69, 9.17) is 5.73 Å². The van der Waals surface area contributed by atoms with Crippen LogP contribution >= 0.6 is 24.2 Å². The Morgan fingerprint density at radius 3 is 2.13 bits per heavy atom. The second kappa shape index (κ2) is 9.12. The summed E-state index contributed by atoms with van der Waals surface area (Å²) < 4.78 is 63.5.